The largest absolute Gasteiger partial charge is 0.490 e. The Kier molecular flexibility index (Phi) is 49.9. The topological polar surface area (TPSA) is 72.5 Å². The predicted molar refractivity (Wildman–Crippen MR) is 447 cm³/mol. The average Bonchev–Trinajstić information content (AvgIpc) is 0.796. The van der Waals surface area contributed by atoms with Crippen molar-refractivity contribution in [1.82, 2.24) is 0 Å². The molecule has 0 aliphatic heterocycles. The van der Waals surface area contributed by atoms with E-state index in [0.717, 1.165) is 160 Å². The third-order valence-electron chi connectivity index (χ3n) is 19.5. The van der Waals surface area contributed by atoms with Gasteiger partial charge in [-0.05, 0) is 103 Å². The quantitative estimate of drug-likeness (QED) is 0.0317. The second-order valence-electron chi connectivity index (χ2n) is 29.4. The van der Waals surface area contributed by atoms with Gasteiger partial charge in [-0.1, -0.05) is 413 Å². The molecule has 0 heterocycles. The maximum atomic E-state index is 12.9. The molecule has 0 spiro atoms. The van der Waals surface area contributed by atoms with Gasteiger partial charge < -0.3 is 28.4 Å². The number of carbonyl (C=O) groups is 1. The van der Waals surface area contributed by atoms with E-state index in [1.165, 1.54) is 154 Å². The predicted octanol–water partition coefficient (Wildman–Crippen LogP) is 31.6. The average molecular weight is 1430 g/mol. The van der Waals surface area contributed by atoms with Crippen LogP contribution in [-0.4, -0.2) is 45.6 Å². The Labute approximate surface area is 648 Å². The first-order valence-corrected chi connectivity index (χ1v) is 43.2. The number of ether oxygens (including phenoxy) is 6. The molecule has 0 fully saturated rings. The summed E-state index contributed by atoms with van der Waals surface area (Å²) in [4.78, 5) is 12.9. The Morgan fingerprint density at radius 2 is 0.353 bits per heavy atom. The van der Waals surface area contributed by atoms with Crippen LogP contribution in [0.2, 0.25) is 0 Å². The van der Waals surface area contributed by atoms with E-state index in [9.17, 15) is 21.2 Å². The zero-order valence-corrected chi connectivity index (χ0v) is 66.7. The molecule has 7 nitrogen and oxygen atoms in total. The van der Waals surface area contributed by atoms with Gasteiger partial charge in [0.1, 0.15) is 6.29 Å². The van der Waals surface area contributed by atoms with E-state index in [1.54, 1.807) is 60.7 Å². The molecular weight excluding hydrogens is 1250 g/mol. The highest BCUT2D eigenvalue weighted by atomic mass is 16.5. The number of unbranched alkanes of at least 4 members (excludes halogenated alkanes) is 48. The van der Waals surface area contributed by atoms with Gasteiger partial charge in [0.2, 0.25) is 11.5 Å². The summed E-state index contributed by atoms with van der Waals surface area (Å²) in [6, 6.07) is 11.6. The van der Waals surface area contributed by atoms with Crippen molar-refractivity contribution in [2.75, 3.05) is 39.4 Å². The molecule has 0 radical (unpaired) electrons. The molecule has 0 aliphatic carbocycles. The van der Waals surface area contributed by atoms with E-state index in [1.807, 2.05) is 6.07 Å². The van der Waals surface area contributed by atoms with Gasteiger partial charge in [-0.25, -0.2) is 0 Å². The summed E-state index contributed by atoms with van der Waals surface area (Å²) in [5.41, 5.74) is 2.30. The molecule has 0 aliphatic rings. The summed E-state index contributed by atoms with van der Waals surface area (Å²) in [5.74, 6) is -0.929. The normalized spacial score (nSPS) is 14.2. The summed E-state index contributed by atoms with van der Waals surface area (Å²) in [7, 11) is 0. The molecule has 584 valence electrons. The molecule has 0 aromatic heterocycles. The summed E-state index contributed by atoms with van der Waals surface area (Å²) in [5, 5.41) is 0. The van der Waals surface area contributed by atoms with Crippen molar-refractivity contribution in [1.29, 1.82) is 0 Å². The molecule has 0 bridgehead atoms. The van der Waals surface area contributed by atoms with E-state index in [4.69, 9.17) is 28.4 Å². The molecule has 3 aromatic carbocycles. The third kappa shape index (κ3) is 50.9. The van der Waals surface area contributed by atoms with Crippen molar-refractivity contribution in [3.8, 4) is 34.5 Å². The van der Waals surface area contributed by atoms with Crippen molar-refractivity contribution in [3.63, 3.8) is 0 Å². The molecule has 7 heteroatoms. The van der Waals surface area contributed by atoms with Gasteiger partial charge in [-0.3, -0.25) is 4.79 Å². The minimum absolute atomic E-state index is 0.0403. The highest BCUT2D eigenvalue weighted by molar-refractivity contribution is 5.83. The van der Waals surface area contributed by atoms with Gasteiger partial charge in [0.15, 0.2) is 23.0 Å². The fourth-order valence-corrected chi connectivity index (χ4v) is 13.0. The standard InChI is InChI=1S/C95H162O7/c1-7-13-19-25-31-37-43-49-55-61-71-97-90-80-87(81-91(98-72-62-56-50-44-38-32-26-20-14-8-2)94(90)101-75-65-59-53-47-41-35-29-23-17-11-5)69-67-85-77-86(79-89(78-85)84-96)68-70-88-82-92(99-73-63-57-51-45-39-33-27-21-15-9-3)95(102-76-66-60-54-48-42-36-30-24-18-12-6)93(83-88)100-74-64-58-52-46-40-34-28-22-16-10-4/h67-70,77-84H,7-66,71-76H2,1-6H3/b69-67+,70-68+/i71D2,72D2,73D2,74D2,75D2,76D2. The lowest BCUT2D eigenvalue weighted by atomic mass is 10.0. The van der Waals surface area contributed by atoms with Crippen LogP contribution < -0.4 is 28.4 Å². The Hall–Kier alpha value is -4.39. The smallest absolute Gasteiger partial charge is 0.203 e. The van der Waals surface area contributed by atoms with Crippen LogP contribution in [0.15, 0.2) is 42.5 Å². The Bertz CT molecular complexity index is 2670. The van der Waals surface area contributed by atoms with Gasteiger partial charge in [-0.2, -0.15) is 0 Å². The van der Waals surface area contributed by atoms with E-state index in [2.05, 4.69) is 41.5 Å². The van der Waals surface area contributed by atoms with Gasteiger partial charge in [0.05, 0.1) is 55.8 Å². The first kappa shape index (κ1) is 73.1. The van der Waals surface area contributed by atoms with Crippen LogP contribution in [0.3, 0.4) is 0 Å². The van der Waals surface area contributed by atoms with E-state index in [0.29, 0.717) is 66.3 Å². The molecule has 0 atom stereocenters. The second kappa shape index (κ2) is 69.6. The van der Waals surface area contributed by atoms with Crippen molar-refractivity contribution in [2.24, 2.45) is 0 Å². The van der Waals surface area contributed by atoms with Crippen LogP contribution in [0.1, 0.15) is 476 Å². The fraction of sp³-hybridized carbons (Fsp3) is 0.758. The van der Waals surface area contributed by atoms with Crippen LogP contribution >= 0.6 is 0 Å². The van der Waals surface area contributed by atoms with Crippen LogP contribution in [0.25, 0.3) is 24.3 Å². The summed E-state index contributed by atoms with van der Waals surface area (Å²) in [6.07, 6.45) is 64.3. The van der Waals surface area contributed by atoms with E-state index < -0.39 is 39.4 Å². The van der Waals surface area contributed by atoms with Gasteiger partial charge in [0.25, 0.3) is 0 Å². The third-order valence-corrected chi connectivity index (χ3v) is 19.5. The lowest BCUT2D eigenvalue weighted by Crippen LogP contribution is -2.07. The maximum absolute atomic E-state index is 12.9. The van der Waals surface area contributed by atoms with E-state index in [-0.39, 0.29) is 73.0 Å². The van der Waals surface area contributed by atoms with Crippen LogP contribution in [-0.2, 0) is 0 Å². The van der Waals surface area contributed by atoms with Crippen LogP contribution in [0, 0.1) is 0 Å². The number of hydrogen-bond donors (Lipinski definition) is 0. The van der Waals surface area contributed by atoms with Crippen molar-refractivity contribution in [2.45, 2.75) is 427 Å². The minimum Gasteiger partial charge on any atom is -0.490 e. The lowest BCUT2D eigenvalue weighted by Gasteiger charge is -2.18. The van der Waals surface area contributed by atoms with Gasteiger partial charge >= 0.3 is 0 Å². The zero-order chi connectivity index (χ0) is 83.5. The summed E-state index contributed by atoms with van der Waals surface area (Å²) < 4.78 is 150. The SMILES string of the molecule is [2H]C([2H])(CCCCCCCCCCC)Oc1cc(/C=C/c2cc(C=O)cc(/C=C/c3cc(OC([2H])([2H])CCCCCCCCCCC)c(OC([2H])([2H])CCCCCCCCCCC)c(OC([2H])([2H])CCCCCCCCCCC)c3)c2)cc(OC([2H])([2H])CCCCCCCCCCC)c1OC([2H])([2H])CCCCCCCCCCC. The highest BCUT2D eigenvalue weighted by Gasteiger charge is 2.18. The Balaban J connectivity index is 2.26. The van der Waals surface area contributed by atoms with E-state index >= 15 is 0 Å². The number of rotatable bonds is 77. The molecular formula is C95H162O7. The zero-order valence-electron chi connectivity index (χ0n) is 78.7. The highest BCUT2D eigenvalue weighted by Crippen LogP contribution is 2.42. The summed E-state index contributed by atoms with van der Waals surface area (Å²) in [6.45, 7) is -0.209. The van der Waals surface area contributed by atoms with Gasteiger partial charge in [0, 0.05) is 5.56 Å². The molecule has 3 rings (SSSR count). The second-order valence-corrected chi connectivity index (χ2v) is 29.4. The van der Waals surface area contributed by atoms with Crippen molar-refractivity contribution in [3.05, 3.63) is 70.3 Å². The number of carbonyl (C=O) groups excluding carboxylic acids is 1. The first-order valence-electron chi connectivity index (χ1n) is 49.2. The summed E-state index contributed by atoms with van der Waals surface area (Å²) >= 11 is 0. The monoisotopic (exact) mass is 1430 g/mol. The van der Waals surface area contributed by atoms with Crippen molar-refractivity contribution >= 4 is 30.6 Å². The molecule has 0 N–H and O–H groups in total. The molecule has 102 heavy (non-hydrogen) atoms. The van der Waals surface area contributed by atoms with Gasteiger partial charge in [-0.15, -0.1) is 0 Å². The Morgan fingerprint density at radius 3 is 0.529 bits per heavy atom. The van der Waals surface area contributed by atoms with Crippen LogP contribution in [0.4, 0.5) is 0 Å². The maximum Gasteiger partial charge on any atom is 0.203 e. The molecule has 3 aromatic rings. The Morgan fingerprint density at radius 1 is 0.206 bits per heavy atom. The minimum atomic E-state index is -2.26. The first-order chi connectivity index (χ1) is 54.7. The fourth-order valence-electron chi connectivity index (χ4n) is 13.0. The number of hydrogen-bond acceptors (Lipinski definition) is 7. The lowest BCUT2D eigenvalue weighted by molar-refractivity contribution is 0.112. The molecule has 0 amide bonds. The molecule has 0 unspecified atom stereocenters. The molecule has 0 saturated heterocycles. The molecule has 0 saturated carbocycles. The number of benzene rings is 3. The van der Waals surface area contributed by atoms with Crippen LogP contribution in [0.5, 0.6) is 34.5 Å². The van der Waals surface area contributed by atoms with Crippen molar-refractivity contribution < 1.29 is 49.7 Å². The number of aldehydes is 1.